The largest absolute Gasteiger partial charge is 0.497 e. The lowest BCUT2D eigenvalue weighted by molar-refractivity contribution is -0.132. The number of benzene rings is 3. The van der Waals surface area contributed by atoms with E-state index in [2.05, 4.69) is 16.7 Å². The molecular formula is C33H38ClN5O5S. The van der Waals surface area contributed by atoms with Gasteiger partial charge in [-0.1, -0.05) is 48.9 Å². The van der Waals surface area contributed by atoms with Crippen molar-refractivity contribution in [1.29, 1.82) is 0 Å². The third-order valence-corrected chi connectivity index (χ3v) is 10.9. The van der Waals surface area contributed by atoms with E-state index in [0.717, 1.165) is 49.5 Å². The second-order valence-corrected chi connectivity index (χ2v) is 13.9. The summed E-state index contributed by atoms with van der Waals surface area (Å²) in [5, 5.41) is 0.266. The second kappa shape index (κ2) is 13.0. The first-order valence-electron chi connectivity index (χ1n) is 15.3. The molecule has 10 nitrogen and oxygen atoms in total. The number of imidazole rings is 1. The maximum Gasteiger partial charge on any atom is 0.344 e. The molecule has 2 saturated heterocycles. The van der Waals surface area contributed by atoms with Gasteiger partial charge in [-0.15, -0.1) is 0 Å². The molecule has 2 fully saturated rings. The summed E-state index contributed by atoms with van der Waals surface area (Å²) in [7, 11) is -2.89. The van der Waals surface area contributed by atoms with Crippen molar-refractivity contribution < 1.29 is 17.9 Å². The van der Waals surface area contributed by atoms with Crippen molar-refractivity contribution in [2.24, 2.45) is 0 Å². The topological polar surface area (TPSA) is 97.1 Å². The highest BCUT2D eigenvalue weighted by Gasteiger charge is 2.38. The number of carbonyl (C=O) groups is 1. The molecule has 1 aromatic heterocycles. The Bertz CT molecular complexity index is 1830. The van der Waals surface area contributed by atoms with Crippen LogP contribution >= 0.6 is 11.6 Å². The Morgan fingerprint density at radius 1 is 0.956 bits per heavy atom. The monoisotopic (exact) mass is 651 g/mol. The zero-order valence-electron chi connectivity index (χ0n) is 25.5. The lowest BCUT2D eigenvalue weighted by Gasteiger charge is -2.38. The van der Waals surface area contributed by atoms with Crippen LogP contribution in [0.4, 0.5) is 0 Å². The smallest absolute Gasteiger partial charge is 0.344 e. The molecule has 0 spiro atoms. The van der Waals surface area contributed by atoms with Crippen LogP contribution in [-0.2, 0) is 14.8 Å². The van der Waals surface area contributed by atoms with Crippen molar-refractivity contribution in [1.82, 2.24) is 23.2 Å². The van der Waals surface area contributed by atoms with Gasteiger partial charge in [0.25, 0.3) is 15.9 Å². The number of ether oxygens (including phenoxy) is 1. The van der Waals surface area contributed by atoms with Gasteiger partial charge in [0.2, 0.25) is 0 Å². The third-order valence-electron chi connectivity index (χ3n) is 8.94. The van der Waals surface area contributed by atoms with E-state index in [1.54, 1.807) is 24.3 Å². The first-order chi connectivity index (χ1) is 21.7. The zero-order chi connectivity index (χ0) is 31.7. The highest BCUT2D eigenvalue weighted by molar-refractivity contribution is 7.90. The van der Waals surface area contributed by atoms with Gasteiger partial charge in [0.05, 0.1) is 23.0 Å². The highest BCUT2D eigenvalue weighted by Crippen LogP contribution is 2.31. The summed E-state index contributed by atoms with van der Waals surface area (Å²) < 4.78 is 35.3. The summed E-state index contributed by atoms with van der Waals surface area (Å²) in [6.07, 6.45) is 1.98. The molecule has 4 aromatic rings. The van der Waals surface area contributed by atoms with Crippen molar-refractivity contribution in [2.75, 3.05) is 52.9 Å². The highest BCUT2D eigenvalue weighted by atomic mass is 35.5. The van der Waals surface area contributed by atoms with Crippen LogP contribution in [0.5, 0.6) is 5.75 Å². The summed E-state index contributed by atoms with van der Waals surface area (Å²) in [5.74, 6) is 0.236. The second-order valence-electron chi connectivity index (χ2n) is 11.6. The van der Waals surface area contributed by atoms with Crippen molar-refractivity contribution in [2.45, 2.75) is 36.7 Å². The first kappa shape index (κ1) is 31.3. The number of likely N-dealkylation sites (tertiary alicyclic amines) is 1. The molecule has 3 aromatic carbocycles. The van der Waals surface area contributed by atoms with Gasteiger partial charge >= 0.3 is 5.69 Å². The normalized spacial score (nSPS) is 18.8. The number of fused-ring (bicyclic) bond motifs is 1. The number of rotatable bonds is 9. The lowest BCUT2D eigenvalue weighted by atomic mass is 10.0. The maximum absolute atomic E-state index is 14.5. The van der Waals surface area contributed by atoms with Crippen LogP contribution < -0.4 is 10.4 Å². The molecule has 0 aliphatic carbocycles. The average molecular weight is 652 g/mol. The van der Waals surface area contributed by atoms with Crippen LogP contribution in [0.2, 0.25) is 5.02 Å². The lowest BCUT2D eigenvalue weighted by Crippen LogP contribution is -2.51. The van der Waals surface area contributed by atoms with Crippen LogP contribution in [0.15, 0.2) is 82.5 Å². The molecule has 12 heteroatoms. The van der Waals surface area contributed by atoms with Gasteiger partial charge in [0.1, 0.15) is 11.8 Å². The number of amides is 1. The van der Waals surface area contributed by atoms with E-state index >= 15 is 0 Å². The number of piperazine rings is 1. The Morgan fingerprint density at radius 2 is 1.67 bits per heavy atom. The minimum Gasteiger partial charge on any atom is -0.497 e. The van der Waals surface area contributed by atoms with E-state index in [9.17, 15) is 18.0 Å². The fourth-order valence-electron chi connectivity index (χ4n) is 6.62. The van der Waals surface area contributed by atoms with Crippen molar-refractivity contribution >= 4 is 38.6 Å². The third kappa shape index (κ3) is 6.02. The molecule has 0 radical (unpaired) electrons. The molecule has 2 aliphatic rings. The summed E-state index contributed by atoms with van der Waals surface area (Å²) in [5.41, 5.74) is 0.151. The molecule has 2 unspecified atom stereocenters. The SMILES string of the molecule is CCCN1CCN(C2CCN(C(=O)C(c3ccccc3)n3c(=O)n(S(=O)(=O)c4ccc(OC)cc4)c4cc(Cl)ccc43)C2)CC1. The van der Waals surface area contributed by atoms with Crippen molar-refractivity contribution in [3.63, 3.8) is 0 Å². The van der Waals surface area contributed by atoms with E-state index in [1.807, 2.05) is 23.1 Å². The molecule has 2 atom stereocenters. The average Bonchev–Trinajstić information content (AvgIpc) is 3.65. The van der Waals surface area contributed by atoms with Crippen LogP contribution in [0.25, 0.3) is 11.0 Å². The Balaban J connectivity index is 1.40. The molecule has 3 heterocycles. The fourth-order valence-corrected chi connectivity index (χ4v) is 8.18. The fraction of sp³-hybridized carbons (Fsp3) is 0.394. The Kier molecular flexibility index (Phi) is 9.05. The van der Waals surface area contributed by atoms with Gasteiger partial charge in [-0.25, -0.2) is 13.2 Å². The molecule has 2 aliphatic heterocycles. The van der Waals surface area contributed by atoms with Gasteiger partial charge in [-0.2, -0.15) is 3.97 Å². The molecule has 0 saturated carbocycles. The van der Waals surface area contributed by atoms with Gasteiger partial charge in [-0.3, -0.25) is 14.3 Å². The molecule has 6 rings (SSSR count). The number of methoxy groups -OCH3 is 1. The van der Waals surface area contributed by atoms with E-state index < -0.39 is 21.8 Å². The van der Waals surface area contributed by atoms with E-state index in [4.69, 9.17) is 16.3 Å². The summed E-state index contributed by atoms with van der Waals surface area (Å²) in [4.78, 5) is 35.6. The van der Waals surface area contributed by atoms with Gasteiger partial charge < -0.3 is 14.5 Å². The molecule has 45 heavy (non-hydrogen) atoms. The predicted octanol–water partition coefficient (Wildman–Crippen LogP) is 3.92. The molecule has 0 N–H and O–H groups in total. The summed E-state index contributed by atoms with van der Waals surface area (Å²) >= 11 is 6.35. The zero-order valence-corrected chi connectivity index (χ0v) is 27.1. The standard InChI is InChI=1S/C33H38ClN5O5S/c1-3-16-35-18-20-36(21-19-35)26-15-17-37(23-26)32(40)31(24-7-5-4-6-8-24)38-29-14-9-25(34)22-30(29)39(33(38)41)45(42,43)28-12-10-27(44-2)11-13-28/h4-14,22,26,31H,3,15-21,23H2,1-2H3. The number of hydrogen-bond acceptors (Lipinski definition) is 7. The van der Waals surface area contributed by atoms with Crippen molar-refractivity contribution in [3.8, 4) is 5.75 Å². The predicted molar refractivity (Wildman–Crippen MR) is 175 cm³/mol. The molecule has 238 valence electrons. The van der Waals surface area contributed by atoms with Gasteiger partial charge in [0.15, 0.2) is 0 Å². The molecule has 1 amide bonds. The van der Waals surface area contributed by atoms with Crippen LogP contribution in [0.1, 0.15) is 31.4 Å². The van der Waals surface area contributed by atoms with Gasteiger partial charge in [0, 0.05) is 50.3 Å². The number of nitrogens with zero attached hydrogens (tertiary/aromatic N) is 5. The summed E-state index contributed by atoms with van der Waals surface area (Å²) in [6, 6.07) is 18.7. The minimum absolute atomic E-state index is 0.0894. The number of aromatic nitrogens is 2. The Morgan fingerprint density at radius 3 is 2.33 bits per heavy atom. The van der Waals surface area contributed by atoms with Crippen LogP contribution in [0.3, 0.4) is 0 Å². The first-order valence-corrected chi connectivity index (χ1v) is 17.2. The minimum atomic E-state index is -4.38. The van der Waals surface area contributed by atoms with Gasteiger partial charge in [-0.05, 0) is 67.4 Å². The quantitative estimate of drug-likeness (QED) is 0.271. The van der Waals surface area contributed by atoms with Crippen LogP contribution in [-0.4, -0.2) is 96.5 Å². The number of carbonyl (C=O) groups excluding carboxylic acids is 1. The maximum atomic E-state index is 14.5. The Hall–Kier alpha value is -3.64. The van der Waals surface area contributed by atoms with E-state index in [-0.39, 0.29) is 27.4 Å². The molecular weight excluding hydrogens is 614 g/mol. The molecule has 0 bridgehead atoms. The van der Waals surface area contributed by atoms with E-state index in [0.29, 0.717) is 29.9 Å². The summed E-state index contributed by atoms with van der Waals surface area (Å²) in [6.45, 7) is 8.38. The van der Waals surface area contributed by atoms with E-state index in [1.165, 1.54) is 42.0 Å². The number of hydrogen-bond donors (Lipinski definition) is 0. The van der Waals surface area contributed by atoms with Crippen molar-refractivity contribution in [3.05, 3.63) is 93.9 Å². The Labute approximate surface area is 268 Å². The van der Waals surface area contributed by atoms with Crippen LogP contribution in [0, 0.1) is 0 Å². The number of halogens is 1.